The lowest BCUT2D eigenvalue weighted by Crippen LogP contribution is -2.64. The molecule has 23 atom stereocenters. The normalized spacial score (nSPS) is 30.0. The number of rotatable bonds is 31. The van der Waals surface area contributed by atoms with Crippen LogP contribution in [0, 0.1) is 0 Å². The predicted octanol–water partition coefficient (Wildman–Crippen LogP) is -7.26. The van der Waals surface area contributed by atoms with E-state index < -0.39 is 262 Å². The molecule has 107 heavy (non-hydrogen) atoms. The van der Waals surface area contributed by atoms with Crippen molar-refractivity contribution >= 4 is 70.9 Å². The molecule has 23 N–H and O–H groups in total. The van der Waals surface area contributed by atoms with E-state index >= 15 is 4.79 Å². The van der Waals surface area contributed by atoms with Gasteiger partial charge in [0.05, 0.1) is 43.7 Å². The van der Waals surface area contributed by atoms with Crippen LogP contribution in [0.1, 0.15) is 144 Å². The molecular formula is C68H109N11O28. The van der Waals surface area contributed by atoms with Gasteiger partial charge in [-0.1, -0.05) is 82.9 Å². The van der Waals surface area contributed by atoms with Crippen molar-refractivity contribution in [1.29, 1.82) is 0 Å². The first-order valence-corrected chi connectivity index (χ1v) is 35.6. The van der Waals surface area contributed by atoms with Gasteiger partial charge < -0.3 is 139 Å². The minimum absolute atomic E-state index is 0.110. The Morgan fingerprint density at radius 1 is 0.664 bits per heavy atom. The zero-order valence-corrected chi connectivity index (χ0v) is 61.1. The van der Waals surface area contributed by atoms with Crippen molar-refractivity contribution in [3.8, 4) is 5.75 Å². The number of benzene rings is 1. The van der Waals surface area contributed by atoms with Crippen LogP contribution in [0.15, 0.2) is 36.0 Å². The van der Waals surface area contributed by atoms with Crippen LogP contribution in [0.3, 0.4) is 0 Å². The summed E-state index contributed by atoms with van der Waals surface area (Å²) in [5.41, 5.74) is 10.5. The number of nitrogens with zero attached hydrogens (tertiary/aromatic N) is 1. The van der Waals surface area contributed by atoms with Gasteiger partial charge in [-0.3, -0.25) is 52.7 Å². The molecule has 3 aliphatic heterocycles. The van der Waals surface area contributed by atoms with E-state index in [9.17, 15) is 109 Å². The Hall–Kier alpha value is -8.16. The lowest BCUT2D eigenvalue weighted by Gasteiger charge is -2.42. The number of allylic oxidation sites excluding steroid dienone is 1. The average molecular weight is 1530 g/mol. The highest BCUT2D eigenvalue weighted by atomic mass is 16.7. The number of cyclic esters (lactones) is 1. The van der Waals surface area contributed by atoms with Crippen LogP contribution < -0.4 is 54.0 Å². The van der Waals surface area contributed by atoms with Crippen molar-refractivity contribution in [3.63, 3.8) is 0 Å². The van der Waals surface area contributed by atoms with Crippen molar-refractivity contribution in [2.24, 2.45) is 11.5 Å². The number of primary amides is 2. The first kappa shape index (κ1) is 91.2. The van der Waals surface area contributed by atoms with E-state index in [4.69, 9.17) is 35.2 Å². The van der Waals surface area contributed by atoms with Crippen LogP contribution in [0.5, 0.6) is 5.75 Å². The maximum Gasteiger partial charge on any atom is 0.329 e. The number of phenolic OH excluding ortho intramolecular Hbond substituents is 1. The number of carbonyl (C=O) groups is 12. The second kappa shape index (κ2) is 44.3. The number of phenols is 1. The molecule has 3 aliphatic rings. The molecule has 3 saturated heterocycles. The average Bonchev–Trinajstić information content (AvgIpc) is 0.872. The fourth-order valence-electron chi connectivity index (χ4n) is 11.8. The van der Waals surface area contributed by atoms with Gasteiger partial charge >= 0.3 is 5.97 Å². The van der Waals surface area contributed by atoms with E-state index in [0.29, 0.717) is 17.7 Å². The predicted molar refractivity (Wildman–Crippen MR) is 370 cm³/mol. The third-order valence-electron chi connectivity index (χ3n) is 18.3. The van der Waals surface area contributed by atoms with E-state index in [0.717, 1.165) is 85.8 Å². The van der Waals surface area contributed by atoms with Gasteiger partial charge in [-0.05, 0) is 78.5 Å². The summed E-state index contributed by atoms with van der Waals surface area (Å²) in [6.45, 7) is 6.73. The molecule has 1 aromatic rings. The summed E-state index contributed by atoms with van der Waals surface area (Å²) >= 11 is 0. The molecule has 4 rings (SSSR count). The number of unbranched alkanes of at least 4 members (excludes halogenated alkanes) is 8. The van der Waals surface area contributed by atoms with Crippen LogP contribution in [-0.4, -0.2) is 293 Å². The largest absolute Gasteiger partial charge is 0.508 e. The van der Waals surface area contributed by atoms with E-state index in [1.807, 2.05) is 0 Å². The molecule has 0 saturated carbocycles. The Kier molecular flexibility index (Phi) is 37.8. The van der Waals surface area contributed by atoms with E-state index in [-0.39, 0.29) is 17.7 Å². The molecule has 39 nitrogen and oxygen atoms in total. The second-order valence-electron chi connectivity index (χ2n) is 26.9. The Bertz CT molecular complexity index is 3170. The minimum Gasteiger partial charge on any atom is -0.508 e. The number of nitrogens with two attached hydrogens (primary N) is 2. The van der Waals surface area contributed by atoms with Gasteiger partial charge in [0.25, 0.3) is 11.8 Å². The highest BCUT2D eigenvalue weighted by molar-refractivity contribution is 6.02. The smallest absolute Gasteiger partial charge is 0.329 e. The summed E-state index contributed by atoms with van der Waals surface area (Å²) in [5.74, 6) is -15.9. The first-order valence-electron chi connectivity index (χ1n) is 35.6. The fraction of sp³-hybridized carbons (Fsp3) is 0.706. The maximum absolute atomic E-state index is 15.1. The summed E-state index contributed by atoms with van der Waals surface area (Å²) in [6.07, 6.45) is -24.1. The number of likely N-dealkylation sites (N-methyl/N-ethyl adjacent to an activating group) is 1. The topological polar surface area (TPSA) is 625 Å². The van der Waals surface area contributed by atoms with Gasteiger partial charge in [0.2, 0.25) is 53.2 Å². The molecule has 0 unspecified atom stereocenters. The Morgan fingerprint density at radius 3 is 1.79 bits per heavy atom. The third-order valence-corrected chi connectivity index (χ3v) is 18.3. The Balaban J connectivity index is 1.89. The number of hydrogen-bond donors (Lipinski definition) is 21. The molecule has 604 valence electrons. The molecule has 39 heteroatoms. The van der Waals surface area contributed by atoms with Crippen LogP contribution in [0.4, 0.5) is 0 Å². The molecule has 0 bridgehead atoms. The minimum atomic E-state index is -2.38. The summed E-state index contributed by atoms with van der Waals surface area (Å²) < 4.78 is 28.7. The van der Waals surface area contributed by atoms with Crippen LogP contribution in [0.25, 0.3) is 0 Å². The van der Waals surface area contributed by atoms with E-state index in [2.05, 4.69) is 49.5 Å². The van der Waals surface area contributed by atoms with Gasteiger partial charge in [0, 0.05) is 26.3 Å². The summed E-state index contributed by atoms with van der Waals surface area (Å²) in [4.78, 5) is 171. The number of ether oxygens (including phenoxy) is 5. The van der Waals surface area contributed by atoms with Crippen molar-refractivity contribution < 1.29 is 137 Å². The number of hydrogen-bond acceptors (Lipinski definition) is 28. The van der Waals surface area contributed by atoms with Crippen molar-refractivity contribution in [3.05, 3.63) is 41.6 Å². The number of aliphatic hydroxyl groups excluding tert-OH is 10. The van der Waals surface area contributed by atoms with Gasteiger partial charge in [-0.25, -0.2) is 4.79 Å². The van der Waals surface area contributed by atoms with Crippen LogP contribution >= 0.6 is 0 Å². The van der Waals surface area contributed by atoms with Gasteiger partial charge in [0.15, 0.2) is 18.7 Å². The zero-order chi connectivity index (χ0) is 80.3. The quantitative estimate of drug-likeness (QED) is 0.0187. The molecule has 1 aromatic carbocycles. The van der Waals surface area contributed by atoms with E-state index in [1.54, 1.807) is 0 Å². The molecule has 0 spiro atoms. The lowest BCUT2D eigenvalue weighted by atomic mass is 9.99. The number of aromatic hydroxyl groups is 1. The number of esters is 1. The molecule has 0 aliphatic carbocycles. The lowest BCUT2D eigenvalue weighted by molar-refractivity contribution is -0.312. The molecule has 3 heterocycles. The van der Waals surface area contributed by atoms with Crippen molar-refractivity contribution in [2.45, 2.75) is 285 Å². The van der Waals surface area contributed by atoms with Gasteiger partial charge in [-0.15, -0.1) is 0 Å². The van der Waals surface area contributed by atoms with E-state index in [1.165, 1.54) is 38.1 Å². The molecule has 0 aromatic heterocycles. The second-order valence-corrected chi connectivity index (χ2v) is 26.9. The zero-order valence-electron chi connectivity index (χ0n) is 61.1. The Morgan fingerprint density at radius 2 is 1.22 bits per heavy atom. The van der Waals surface area contributed by atoms with Gasteiger partial charge in [-0.2, -0.15) is 0 Å². The molecule has 0 radical (unpaired) electrons. The van der Waals surface area contributed by atoms with Crippen molar-refractivity contribution in [2.75, 3.05) is 20.2 Å². The Labute approximate surface area is 617 Å². The van der Waals surface area contributed by atoms with Crippen LogP contribution in [0.2, 0.25) is 0 Å². The highest BCUT2D eigenvalue weighted by Crippen LogP contribution is 2.28. The standard InChI is InChI=1S/C68H109N11O28/c1-9-11-12-13-14-15-16-17-18-19-42(106-68-56(92)54(90)51(87)35(7)105-68)53(89)65(101)77-48(32(4)82)62(98)78-49-33(5)103-66(102)40(25-27-45(70)85)74-64(100)50(34(6)104-67-57(93)55(91)52(88)43(30-80)107-67)79(8)46(86)29-71-58(94)39(24-26-44(69)84)73-59(95)38(10-2)72-60(96)41(28-36-20-22-37(83)23-21-36)75-61(97)47(31(3)81)76-63(49)99/h10,20-23,31-35,39-43,47-57,67-68,80-83,87-93H,9,11-19,24-30H2,1-8H3,(H2,69,84)(H2,70,85)(H,71,94)(H,72,96)(H,73,95)(H,74,100)(H,75,97)(H,76,99)(H,77,101)(H,78,98)/t31-,32-,33+,34+,35-,39+,40+,41+,42-,43-,47+,48-,49-,50-,51-,52+,53+,54+,55-,56+,57-,67+,68-/m0/s1. The molecular weight excluding hydrogens is 1420 g/mol. The highest BCUT2D eigenvalue weighted by Gasteiger charge is 2.49. The number of amides is 11. The van der Waals surface area contributed by atoms with Crippen molar-refractivity contribution in [1.82, 2.24) is 47.4 Å². The SMILES string of the molecule is CC=C1NC(=O)[C@@H](Cc2ccc(O)cc2)NC(=O)[C@@H]([C@H](C)O)NC(=O)[C@@H](NC(=O)[C@@H](NC(=O)[C@H](O)[C@H](CCCCCCCCCCC)O[C@@H]2O[C@@H](C)[C@H](O)[C@@H](O)[C@H]2O)[C@H](C)O)[C@@H](C)OC(=O)[C@@H](CCC(N)=O)NC(=O)[C@H]([C@@H](C)O[C@@H]2O[C@@H](CO)[C@@H](O)[C@H](O)[C@@H]2O)N(C)C(=O)CNC(=O)[C@@H](CCC(N)=O)NC1=O. The summed E-state index contributed by atoms with van der Waals surface area (Å²) in [5, 5.41) is 137. The number of aliphatic hydroxyl groups is 10. The van der Waals surface area contributed by atoms with Crippen LogP contribution in [-0.2, 0) is 87.6 Å². The maximum atomic E-state index is 15.1. The number of carbonyl (C=O) groups excluding carboxylic acids is 12. The first-order chi connectivity index (χ1) is 50.4. The summed E-state index contributed by atoms with van der Waals surface area (Å²) in [7, 11) is 0.969. The molecule has 11 amide bonds. The summed E-state index contributed by atoms with van der Waals surface area (Å²) in [6, 6.07) is -9.40. The monoisotopic (exact) mass is 1530 g/mol. The third kappa shape index (κ3) is 27.8. The molecule has 3 fully saturated rings. The number of nitrogens with one attached hydrogen (secondary N) is 8. The van der Waals surface area contributed by atoms with Gasteiger partial charge in [0.1, 0.15) is 103 Å². The fourth-order valence-corrected chi connectivity index (χ4v) is 11.8.